The maximum atomic E-state index is 12.7. The zero-order valence-electron chi connectivity index (χ0n) is 17.4. The predicted octanol–water partition coefficient (Wildman–Crippen LogP) is 4.53. The van der Waals surface area contributed by atoms with Crippen LogP contribution in [0.15, 0.2) is 48.5 Å². The third-order valence-electron chi connectivity index (χ3n) is 6.26. The van der Waals surface area contributed by atoms with E-state index in [1.165, 1.54) is 5.56 Å². The van der Waals surface area contributed by atoms with Gasteiger partial charge in [0, 0.05) is 24.7 Å². The highest BCUT2D eigenvalue weighted by Crippen LogP contribution is 2.32. The number of rotatable bonds is 5. The molecule has 2 aromatic carbocycles. The quantitative estimate of drug-likeness (QED) is 0.765. The molecule has 3 amide bonds. The molecule has 0 unspecified atom stereocenters. The number of urea groups is 1. The van der Waals surface area contributed by atoms with Crippen LogP contribution in [0, 0.1) is 11.8 Å². The summed E-state index contributed by atoms with van der Waals surface area (Å²) in [6.07, 6.45) is 4.48. The Hall–Kier alpha value is -3.02. The van der Waals surface area contributed by atoms with Gasteiger partial charge in [0.25, 0.3) is 0 Å². The van der Waals surface area contributed by atoms with Crippen molar-refractivity contribution in [2.45, 2.75) is 32.1 Å². The first kappa shape index (κ1) is 20.3. The van der Waals surface area contributed by atoms with Crippen molar-refractivity contribution in [2.75, 3.05) is 30.8 Å². The number of ether oxygens (including phenoxy) is 1. The summed E-state index contributed by atoms with van der Waals surface area (Å²) in [6, 6.07) is 15.5. The number of carbonyl (C=O) groups excluding carboxylic acids is 2. The second-order valence-electron chi connectivity index (χ2n) is 8.19. The molecule has 0 atom stereocenters. The highest BCUT2D eigenvalue weighted by Gasteiger charge is 2.29. The van der Waals surface area contributed by atoms with E-state index >= 15 is 0 Å². The fraction of sp³-hybridized carbons (Fsp3) is 0.417. The minimum atomic E-state index is -0.0176. The number of anilines is 2. The van der Waals surface area contributed by atoms with Gasteiger partial charge in [0.05, 0.1) is 12.8 Å². The molecule has 2 aliphatic rings. The van der Waals surface area contributed by atoms with Crippen molar-refractivity contribution in [3.63, 3.8) is 0 Å². The van der Waals surface area contributed by atoms with Gasteiger partial charge in [-0.2, -0.15) is 0 Å². The molecule has 0 radical (unpaired) electrons. The van der Waals surface area contributed by atoms with Crippen LogP contribution in [0.25, 0.3) is 0 Å². The zero-order chi connectivity index (χ0) is 20.9. The lowest BCUT2D eigenvalue weighted by atomic mass is 9.81. The standard InChI is InChI=1S/C24H29N3O3/c1-30-22-9-5-4-8-21(22)25-23(28)19-12-10-17(11-13-19)16-27-15-14-18-6-2-3-7-20(18)26-24(27)29/h2-9,17,19H,10-16H2,1H3,(H,25,28)(H,26,29). The number of para-hydroxylation sites is 3. The summed E-state index contributed by atoms with van der Waals surface area (Å²) in [5.74, 6) is 1.18. The van der Waals surface area contributed by atoms with Gasteiger partial charge in [0.15, 0.2) is 0 Å². The van der Waals surface area contributed by atoms with E-state index in [4.69, 9.17) is 4.74 Å². The summed E-state index contributed by atoms with van der Waals surface area (Å²) < 4.78 is 5.32. The second-order valence-corrected chi connectivity index (χ2v) is 8.19. The average Bonchev–Trinajstić information content (AvgIpc) is 2.93. The minimum absolute atomic E-state index is 0.00776. The Morgan fingerprint density at radius 1 is 1.10 bits per heavy atom. The highest BCUT2D eigenvalue weighted by atomic mass is 16.5. The molecule has 30 heavy (non-hydrogen) atoms. The van der Waals surface area contributed by atoms with Crippen molar-refractivity contribution in [1.29, 1.82) is 0 Å². The highest BCUT2D eigenvalue weighted by molar-refractivity contribution is 5.94. The third kappa shape index (κ3) is 4.58. The SMILES string of the molecule is COc1ccccc1NC(=O)C1CCC(CN2CCc3ccccc3NC2=O)CC1. The van der Waals surface area contributed by atoms with Crippen LogP contribution in [-0.4, -0.2) is 37.0 Å². The molecule has 0 bridgehead atoms. The van der Waals surface area contributed by atoms with E-state index in [0.717, 1.165) is 50.9 Å². The zero-order valence-corrected chi connectivity index (χ0v) is 17.4. The van der Waals surface area contributed by atoms with Crippen LogP contribution in [0.3, 0.4) is 0 Å². The van der Waals surface area contributed by atoms with Crippen LogP contribution in [0.4, 0.5) is 16.2 Å². The molecule has 6 heteroatoms. The van der Waals surface area contributed by atoms with E-state index in [9.17, 15) is 9.59 Å². The van der Waals surface area contributed by atoms with E-state index in [2.05, 4.69) is 16.7 Å². The molecule has 2 aromatic rings. The number of benzene rings is 2. The van der Waals surface area contributed by atoms with E-state index < -0.39 is 0 Å². The molecule has 6 nitrogen and oxygen atoms in total. The van der Waals surface area contributed by atoms with Crippen molar-refractivity contribution >= 4 is 23.3 Å². The molecule has 0 aromatic heterocycles. The molecule has 4 rings (SSSR count). The number of amides is 3. The minimum Gasteiger partial charge on any atom is -0.495 e. The fourth-order valence-corrected chi connectivity index (χ4v) is 4.49. The van der Waals surface area contributed by atoms with Crippen molar-refractivity contribution in [1.82, 2.24) is 4.90 Å². The van der Waals surface area contributed by atoms with Crippen LogP contribution in [-0.2, 0) is 11.2 Å². The van der Waals surface area contributed by atoms with Gasteiger partial charge in [0.2, 0.25) is 5.91 Å². The number of nitrogens with zero attached hydrogens (tertiary/aromatic N) is 1. The lowest BCUT2D eigenvalue weighted by Crippen LogP contribution is -2.39. The first-order valence-electron chi connectivity index (χ1n) is 10.7. The first-order valence-corrected chi connectivity index (χ1v) is 10.7. The van der Waals surface area contributed by atoms with Gasteiger partial charge in [-0.15, -0.1) is 0 Å². The summed E-state index contributed by atoms with van der Waals surface area (Å²) in [5.41, 5.74) is 2.82. The smallest absolute Gasteiger partial charge is 0.321 e. The van der Waals surface area contributed by atoms with Crippen molar-refractivity contribution in [3.05, 3.63) is 54.1 Å². The van der Waals surface area contributed by atoms with Crippen LogP contribution in [0.2, 0.25) is 0 Å². The normalized spacial score (nSPS) is 21.2. The molecule has 1 heterocycles. The van der Waals surface area contributed by atoms with Crippen LogP contribution in [0.1, 0.15) is 31.2 Å². The van der Waals surface area contributed by atoms with Crippen LogP contribution < -0.4 is 15.4 Å². The number of fused-ring (bicyclic) bond motifs is 1. The summed E-state index contributed by atoms with van der Waals surface area (Å²) in [5, 5.41) is 6.05. The van der Waals surface area contributed by atoms with Crippen molar-refractivity contribution < 1.29 is 14.3 Å². The Kier molecular flexibility index (Phi) is 6.21. The largest absolute Gasteiger partial charge is 0.495 e. The second kappa shape index (κ2) is 9.20. The van der Waals surface area contributed by atoms with E-state index in [1.807, 2.05) is 47.4 Å². The Labute approximate surface area is 177 Å². The molecule has 1 fully saturated rings. The Balaban J connectivity index is 1.28. The summed E-state index contributed by atoms with van der Waals surface area (Å²) in [6.45, 7) is 1.48. The molecule has 0 saturated heterocycles. The van der Waals surface area contributed by atoms with E-state index in [-0.39, 0.29) is 17.9 Å². The maximum Gasteiger partial charge on any atom is 0.321 e. The van der Waals surface area contributed by atoms with Gasteiger partial charge < -0.3 is 20.3 Å². The third-order valence-corrected chi connectivity index (χ3v) is 6.26. The maximum absolute atomic E-state index is 12.7. The molecular formula is C24H29N3O3. The monoisotopic (exact) mass is 407 g/mol. The van der Waals surface area contributed by atoms with Crippen molar-refractivity contribution in [2.24, 2.45) is 11.8 Å². The number of carbonyl (C=O) groups is 2. The van der Waals surface area contributed by atoms with Crippen LogP contribution >= 0.6 is 0 Å². The molecule has 158 valence electrons. The molecule has 1 saturated carbocycles. The van der Waals surface area contributed by atoms with E-state index in [0.29, 0.717) is 17.4 Å². The topological polar surface area (TPSA) is 70.7 Å². The number of nitrogens with one attached hydrogen (secondary N) is 2. The molecular weight excluding hydrogens is 378 g/mol. The Bertz CT molecular complexity index is 906. The lowest BCUT2D eigenvalue weighted by Gasteiger charge is -2.31. The van der Waals surface area contributed by atoms with Gasteiger partial charge in [-0.05, 0) is 61.8 Å². The molecule has 1 aliphatic heterocycles. The van der Waals surface area contributed by atoms with Gasteiger partial charge in [-0.3, -0.25) is 4.79 Å². The van der Waals surface area contributed by atoms with Gasteiger partial charge >= 0.3 is 6.03 Å². The number of hydrogen-bond donors (Lipinski definition) is 2. The van der Waals surface area contributed by atoms with Crippen molar-refractivity contribution in [3.8, 4) is 5.75 Å². The van der Waals surface area contributed by atoms with Gasteiger partial charge in [-0.25, -0.2) is 4.79 Å². The van der Waals surface area contributed by atoms with Gasteiger partial charge in [0.1, 0.15) is 5.75 Å². The van der Waals surface area contributed by atoms with E-state index in [1.54, 1.807) is 7.11 Å². The molecule has 2 N–H and O–H groups in total. The predicted molar refractivity (Wildman–Crippen MR) is 118 cm³/mol. The Morgan fingerprint density at radius 3 is 2.63 bits per heavy atom. The fourth-order valence-electron chi connectivity index (χ4n) is 4.49. The first-order chi connectivity index (χ1) is 14.6. The lowest BCUT2D eigenvalue weighted by molar-refractivity contribution is -0.121. The number of methoxy groups -OCH3 is 1. The summed E-state index contributed by atoms with van der Waals surface area (Å²) in [7, 11) is 1.60. The summed E-state index contributed by atoms with van der Waals surface area (Å²) in [4.78, 5) is 27.3. The van der Waals surface area contributed by atoms with Crippen LogP contribution in [0.5, 0.6) is 5.75 Å². The summed E-state index contributed by atoms with van der Waals surface area (Å²) >= 11 is 0. The van der Waals surface area contributed by atoms with Gasteiger partial charge in [-0.1, -0.05) is 30.3 Å². The number of hydrogen-bond acceptors (Lipinski definition) is 3. The Morgan fingerprint density at radius 2 is 1.83 bits per heavy atom. The molecule has 0 spiro atoms. The molecule has 1 aliphatic carbocycles. The average molecular weight is 408 g/mol.